The summed E-state index contributed by atoms with van der Waals surface area (Å²) in [5.74, 6) is 0.660. The molecular weight excluding hydrogens is 258 g/mol. The summed E-state index contributed by atoms with van der Waals surface area (Å²) < 4.78 is 1.75. The molecule has 1 aliphatic rings. The molecule has 1 aromatic heterocycles. The van der Waals surface area contributed by atoms with Crippen LogP contribution in [-0.2, 0) is 6.54 Å². The Morgan fingerprint density at radius 1 is 1.45 bits per heavy atom. The van der Waals surface area contributed by atoms with Crippen molar-refractivity contribution in [2.75, 3.05) is 25.0 Å². The summed E-state index contributed by atoms with van der Waals surface area (Å²) in [5.41, 5.74) is 0.769. The molecule has 0 unspecified atom stereocenters. The molecule has 112 valence electrons. The summed E-state index contributed by atoms with van der Waals surface area (Å²) in [5, 5.41) is 19.0. The average Bonchev–Trinajstić information content (AvgIpc) is 2.76. The van der Waals surface area contributed by atoms with Gasteiger partial charge in [0.15, 0.2) is 0 Å². The molecule has 1 aromatic rings. The fraction of sp³-hybridized carbons (Fsp3) is 0.769. The minimum Gasteiger partial charge on any atom is -0.351 e. The van der Waals surface area contributed by atoms with Crippen LogP contribution in [0.4, 0.5) is 11.5 Å². The Morgan fingerprint density at radius 2 is 2.05 bits per heavy atom. The highest BCUT2D eigenvalue weighted by atomic mass is 16.6. The second kappa shape index (κ2) is 5.40. The van der Waals surface area contributed by atoms with Crippen LogP contribution in [0.25, 0.3) is 0 Å². The van der Waals surface area contributed by atoms with Crippen molar-refractivity contribution in [1.82, 2.24) is 15.1 Å². The summed E-state index contributed by atoms with van der Waals surface area (Å²) in [6.07, 6.45) is 1.93. The number of rotatable bonds is 4. The van der Waals surface area contributed by atoms with Crippen LogP contribution in [0.3, 0.4) is 0 Å². The Hall–Kier alpha value is -1.63. The average molecular weight is 281 g/mol. The smallest absolute Gasteiger partial charge is 0.333 e. The van der Waals surface area contributed by atoms with Gasteiger partial charge in [0, 0.05) is 25.2 Å². The van der Waals surface area contributed by atoms with Crippen LogP contribution in [0.15, 0.2) is 0 Å². The van der Waals surface area contributed by atoms with Gasteiger partial charge in [-0.3, -0.25) is 10.1 Å². The quantitative estimate of drug-likeness (QED) is 0.671. The van der Waals surface area contributed by atoms with Gasteiger partial charge in [0.1, 0.15) is 5.69 Å². The number of hydrogen-bond donors (Lipinski definition) is 1. The zero-order valence-corrected chi connectivity index (χ0v) is 12.6. The molecule has 0 spiro atoms. The first-order chi connectivity index (χ1) is 9.41. The van der Waals surface area contributed by atoms with Crippen LogP contribution in [0.2, 0.25) is 0 Å². The number of nitro groups is 1. The molecule has 2 heterocycles. The number of aromatic nitrogens is 2. The van der Waals surface area contributed by atoms with E-state index in [0.29, 0.717) is 18.1 Å². The maximum absolute atomic E-state index is 11.3. The number of piperidine rings is 1. The molecule has 1 saturated heterocycles. The molecule has 1 N–H and O–H groups in total. The van der Waals surface area contributed by atoms with Gasteiger partial charge in [-0.15, -0.1) is 0 Å². The number of nitrogens with one attached hydrogen (secondary N) is 1. The predicted molar refractivity (Wildman–Crippen MR) is 78.2 cm³/mol. The van der Waals surface area contributed by atoms with Crippen LogP contribution >= 0.6 is 0 Å². The Morgan fingerprint density at radius 3 is 2.50 bits per heavy atom. The van der Waals surface area contributed by atoms with Gasteiger partial charge >= 0.3 is 5.69 Å². The highest BCUT2D eigenvalue weighted by Gasteiger charge is 2.34. The maximum atomic E-state index is 11.3. The molecule has 0 aliphatic carbocycles. The SMILES string of the molecule is CCn1nc(C)c([N+](=O)[O-])c1N1CCC(C)(NC)CC1. The monoisotopic (exact) mass is 281 g/mol. The van der Waals surface area contributed by atoms with E-state index in [0.717, 1.165) is 25.9 Å². The maximum Gasteiger partial charge on any atom is 0.333 e. The Labute approximate surface area is 119 Å². The van der Waals surface area contributed by atoms with E-state index in [9.17, 15) is 10.1 Å². The summed E-state index contributed by atoms with van der Waals surface area (Å²) in [6, 6.07) is 0. The number of anilines is 1. The normalized spacial score (nSPS) is 18.3. The lowest BCUT2D eigenvalue weighted by Gasteiger charge is -2.39. The first kappa shape index (κ1) is 14.8. The summed E-state index contributed by atoms with van der Waals surface area (Å²) in [4.78, 5) is 13.1. The lowest BCUT2D eigenvalue weighted by molar-refractivity contribution is -0.384. The van der Waals surface area contributed by atoms with E-state index in [1.54, 1.807) is 11.6 Å². The zero-order chi connectivity index (χ0) is 14.9. The summed E-state index contributed by atoms with van der Waals surface area (Å²) in [7, 11) is 1.97. The molecule has 0 radical (unpaired) electrons. The number of aryl methyl sites for hydroxylation is 2. The fourth-order valence-corrected chi connectivity index (χ4v) is 2.77. The van der Waals surface area contributed by atoms with Gasteiger partial charge in [0.2, 0.25) is 5.82 Å². The van der Waals surface area contributed by atoms with Crippen molar-refractivity contribution < 1.29 is 4.92 Å². The van der Waals surface area contributed by atoms with E-state index >= 15 is 0 Å². The third-order valence-corrected chi connectivity index (χ3v) is 4.32. The third kappa shape index (κ3) is 2.49. The number of nitrogens with zero attached hydrogens (tertiary/aromatic N) is 4. The first-order valence-corrected chi connectivity index (χ1v) is 7.07. The highest BCUT2D eigenvalue weighted by molar-refractivity contribution is 5.61. The lowest BCUT2D eigenvalue weighted by Crippen LogP contribution is -2.50. The van der Waals surface area contributed by atoms with Crippen LogP contribution in [0.1, 0.15) is 32.4 Å². The molecule has 7 nitrogen and oxygen atoms in total. The van der Waals surface area contributed by atoms with Gasteiger partial charge in [-0.1, -0.05) is 0 Å². The van der Waals surface area contributed by atoms with Crippen molar-refractivity contribution in [3.05, 3.63) is 15.8 Å². The molecular formula is C13H23N5O2. The fourth-order valence-electron chi connectivity index (χ4n) is 2.77. The Bertz CT molecular complexity index is 503. The van der Waals surface area contributed by atoms with E-state index in [1.807, 2.05) is 14.0 Å². The van der Waals surface area contributed by atoms with Gasteiger partial charge in [-0.05, 0) is 40.7 Å². The second-order valence-corrected chi connectivity index (χ2v) is 5.63. The van der Waals surface area contributed by atoms with Gasteiger partial charge in [-0.25, -0.2) is 4.68 Å². The molecule has 7 heteroatoms. The zero-order valence-electron chi connectivity index (χ0n) is 12.6. The van der Waals surface area contributed by atoms with E-state index in [-0.39, 0.29) is 16.1 Å². The lowest BCUT2D eigenvalue weighted by atomic mass is 9.90. The molecule has 1 fully saturated rings. The minimum absolute atomic E-state index is 0.122. The molecule has 2 rings (SSSR count). The van der Waals surface area contributed by atoms with Crippen molar-refractivity contribution in [2.24, 2.45) is 0 Å². The van der Waals surface area contributed by atoms with E-state index < -0.39 is 0 Å². The van der Waals surface area contributed by atoms with Crippen LogP contribution in [0, 0.1) is 17.0 Å². The predicted octanol–water partition coefficient (Wildman–Crippen LogP) is 1.70. The molecule has 0 aromatic carbocycles. The summed E-state index contributed by atoms with van der Waals surface area (Å²) in [6.45, 7) is 8.12. The van der Waals surface area contributed by atoms with Gasteiger partial charge in [-0.2, -0.15) is 5.10 Å². The van der Waals surface area contributed by atoms with Crippen molar-refractivity contribution in [2.45, 2.75) is 45.7 Å². The van der Waals surface area contributed by atoms with Crippen LogP contribution in [-0.4, -0.2) is 40.4 Å². The summed E-state index contributed by atoms with van der Waals surface area (Å²) >= 11 is 0. The van der Waals surface area contributed by atoms with Crippen LogP contribution in [0.5, 0.6) is 0 Å². The third-order valence-electron chi connectivity index (χ3n) is 4.32. The molecule has 0 atom stereocenters. The van der Waals surface area contributed by atoms with Gasteiger partial charge in [0.05, 0.1) is 4.92 Å². The van der Waals surface area contributed by atoms with Crippen molar-refractivity contribution in [1.29, 1.82) is 0 Å². The van der Waals surface area contributed by atoms with E-state index in [4.69, 9.17) is 0 Å². The van der Waals surface area contributed by atoms with Gasteiger partial charge < -0.3 is 10.2 Å². The number of hydrogen-bond acceptors (Lipinski definition) is 5. The Balaban J connectivity index is 2.31. The van der Waals surface area contributed by atoms with E-state index in [1.165, 1.54) is 0 Å². The van der Waals surface area contributed by atoms with Crippen molar-refractivity contribution in [3.63, 3.8) is 0 Å². The van der Waals surface area contributed by atoms with Crippen LogP contribution < -0.4 is 10.2 Å². The first-order valence-electron chi connectivity index (χ1n) is 7.07. The second-order valence-electron chi connectivity index (χ2n) is 5.63. The van der Waals surface area contributed by atoms with Crippen molar-refractivity contribution in [3.8, 4) is 0 Å². The van der Waals surface area contributed by atoms with Crippen molar-refractivity contribution >= 4 is 11.5 Å². The molecule has 0 amide bonds. The molecule has 1 aliphatic heterocycles. The van der Waals surface area contributed by atoms with Gasteiger partial charge in [0.25, 0.3) is 0 Å². The van der Waals surface area contributed by atoms with E-state index in [2.05, 4.69) is 22.2 Å². The minimum atomic E-state index is -0.310. The topological polar surface area (TPSA) is 76.2 Å². The largest absolute Gasteiger partial charge is 0.351 e. The Kier molecular flexibility index (Phi) is 3.99. The highest BCUT2D eigenvalue weighted by Crippen LogP contribution is 2.34. The molecule has 0 bridgehead atoms. The molecule has 20 heavy (non-hydrogen) atoms. The molecule has 0 saturated carbocycles. The standard InChI is InChI=1S/C13H23N5O2/c1-5-17-12(11(18(19)20)10(2)15-17)16-8-6-13(3,14-4)7-9-16/h14H,5-9H2,1-4H3.